The first-order chi connectivity index (χ1) is 12.5. The lowest BCUT2D eigenvalue weighted by atomic mass is 9.80. The van der Waals surface area contributed by atoms with Gasteiger partial charge in [0.1, 0.15) is 11.6 Å². The molecule has 136 valence electrons. The Kier molecular flexibility index (Phi) is 4.17. The van der Waals surface area contributed by atoms with Crippen molar-refractivity contribution in [1.29, 1.82) is 0 Å². The highest BCUT2D eigenvalue weighted by Gasteiger charge is 2.47. The highest BCUT2D eigenvalue weighted by atomic mass is 19.1. The van der Waals surface area contributed by atoms with E-state index in [4.69, 9.17) is 0 Å². The van der Waals surface area contributed by atoms with Crippen LogP contribution in [0, 0.1) is 24.6 Å². The summed E-state index contributed by atoms with van der Waals surface area (Å²) in [6.07, 6.45) is 2.25. The number of nitrogens with one attached hydrogen (secondary N) is 1. The number of nitrogens with zero attached hydrogens (tertiary/aromatic N) is 2. The van der Waals surface area contributed by atoms with Crippen LogP contribution in [0.4, 0.5) is 15.9 Å². The SMILES string of the molecule is CC(=O)N1c2cc(F)ccc2C(Nc2cccc(C)n2)C(C)C1C1CC1. The van der Waals surface area contributed by atoms with Gasteiger partial charge in [0, 0.05) is 24.6 Å². The maximum atomic E-state index is 14.0. The molecule has 1 aromatic carbocycles. The first-order valence-electron chi connectivity index (χ1n) is 9.25. The summed E-state index contributed by atoms with van der Waals surface area (Å²) < 4.78 is 14.0. The van der Waals surface area contributed by atoms with E-state index < -0.39 is 0 Å². The molecule has 1 aliphatic heterocycles. The van der Waals surface area contributed by atoms with Crippen molar-refractivity contribution in [2.45, 2.75) is 45.7 Å². The highest BCUT2D eigenvalue weighted by Crippen LogP contribution is 2.50. The first kappa shape index (κ1) is 17.0. The summed E-state index contributed by atoms with van der Waals surface area (Å²) in [5.74, 6) is 1.16. The predicted octanol–water partition coefficient (Wildman–Crippen LogP) is 4.46. The van der Waals surface area contributed by atoms with Gasteiger partial charge in [-0.2, -0.15) is 0 Å². The Hall–Kier alpha value is -2.43. The summed E-state index contributed by atoms with van der Waals surface area (Å²) in [7, 11) is 0. The largest absolute Gasteiger partial charge is 0.363 e. The number of anilines is 2. The zero-order valence-corrected chi connectivity index (χ0v) is 15.4. The van der Waals surface area contributed by atoms with Gasteiger partial charge in [-0.1, -0.05) is 19.1 Å². The van der Waals surface area contributed by atoms with Gasteiger partial charge in [0.2, 0.25) is 5.91 Å². The molecule has 0 radical (unpaired) electrons. The fourth-order valence-corrected chi connectivity index (χ4v) is 4.31. The molecule has 2 heterocycles. The average Bonchev–Trinajstić information content (AvgIpc) is 3.41. The number of aryl methyl sites for hydroxylation is 1. The Labute approximate surface area is 153 Å². The molecule has 4 rings (SSSR count). The third-order valence-electron chi connectivity index (χ3n) is 5.59. The van der Waals surface area contributed by atoms with Crippen LogP contribution in [0.3, 0.4) is 0 Å². The lowest BCUT2D eigenvalue weighted by molar-refractivity contribution is -0.117. The number of pyridine rings is 1. The van der Waals surface area contributed by atoms with E-state index in [9.17, 15) is 9.18 Å². The van der Waals surface area contributed by atoms with Crippen LogP contribution in [0.15, 0.2) is 36.4 Å². The van der Waals surface area contributed by atoms with Crippen molar-refractivity contribution in [3.63, 3.8) is 0 Å². The molecule has 0 saturated heterocycles. The highest BCUT2D eigenvalue weighted by molar-refractivity contribution is 5.94. The molecule has 1 N–H and O–H groups in total. The molecule has 1 aromatic heterocycles. The van der Waals surface area contributed by atoms with Gasteiger partial charge in [-0.25, -0.2) is 9.37 Å². The Morgan fingerprint density at radius 3 is 2.69 bits per heavy atom. The fraction of sp³-hybridized carbons (Fsp3) is 0.429. The predicted molar refractivity (Wildman–Crippen MR) is 101 cm³/mol. The molecule has 3 atom stereocenters. The van der Waals surface area contributed by atoms with E-state index in [0.29, 0.717) is 11.6 Å². The molecule has 1 amide bonds. The quantitative estimate of drug-likeness (QED) is 0.886. The first-order valence-corrected chi connectivity index (χ1v) is 9.25. The van der Waals surface area contributed by atoms with Gasteiger partial charge in [0.05, 0.1) is 11.7 Å². The lowest BCUT2D eigenvalue weighted by Crippen LogP contribution is -2.51. The Bertz CT molecular complexity index is 849. The van der Waals surface area contributed by atoms with Crippen LogP contribution in [0.1, 0.15) is 44.0 Å². The van der Waals surface area contributed by atoms with Crippen molar-refractivity contribution in [3.05, 3.63) is 53.5 Å². The summed E-state index contributed by atoms with van der Waals surface area (Å²) in [6.45, 7) is 5.72. The molecule has 2 aromatic rings. The van der Waals surface area contributed by atoms with Crippen LogP contribution >= 0.6 is 0 Å². The van der Waals surface area contributed by atoms with Gasteiger partial charge < -0.3 is 10.2 Å². The maximum absolute atomic E-state index is 14.0. The van der Waals surface area contributed by atoms with E-state index in [0.717, 1.165) is 29.9 Å². The second kappa shape index (κ2) is 6.38. The second-order valence-corrected chi connectivity index (χ2v) is 7.57. The van der Waals surface area contributed by atoms with Crippen molar-refractivity contribution in [1.82, 2.24) is 4.98 Å². The van der Waals surface area contributed by atoms with Gasteiger partial charge in [-0.3, -0.25) is 4.79 Å². The smallest absolute Gasteiger partial charge is 0.224 e. The average molecular weight is 353 g/mol. The van der Waals surface area contributed by atoms with Crippen LogP contribution < -0.4 is 10.2 Å². The molecular weight excluding hydrogens is 329 g/mol. The number of aromatic nitrogens is 1. The van der Waals surface area contributed by atoms with Crippen molar-refractivity contribution < 1.29 is 9.18 Å². The summed E-state index contributed by atoms with van der Waals surface area (Å²) in [6, 6.07) is 10.7. The van der Waals surface area contributed by atoms with E-state index in [-0.39, 0.29) is 29.7 Å². The molecule has 26 heavy (non-hydrogen) atoms. The fourth-order valence-electron chi connectivity index (χ4n) is 4.31. The van der Waals surface area contributed by atoms with Crippen LogP contribution in [0.25, 0.3) is 0 Å². The Morgan fingerprint density at radius 2 is 2.04 bits per heavy atom. The number of rotatable bonds is 3. The minimum Gasteiger partial charge on any atom is -0.363 e. The number of carbonyl (C=O) groups is 1. The Morgan fingerprint density at radius 1 is 1.27 bits per heavy atom. The molecule has 3 unspecified atom stereocenters. The third kappa shape index (κ3) is 2.96. The number of fused-ring (bicyclic) bond motifs is 1. The number of amides is 1. The summed E-state index contributed by atoms with van der Waals surface area (Å²) in [5, 5.41) is 3.55. The third-order valence-corrected chi connectivity index (χ3v) is 5.59. The summed E-state index contributed by atoms with van der Waals surface area (Å²) in [4.78, 5) is 18.8. The number of hydrogen-bond acceptors (Lipinski definition) is 3. The molecule has 1 aliphatic carbocycles. The number of carbonyl (C=O) groups excluding carboxylic acids is 1. The second-order valence-electron chi connectivity index (χ2n) is 7.57. The van der Waals surface area contributed by atoms with Gasteiger partial charge in [-0.05, 0) is 55.5 Å². The molecular formula is C21H24FN3O. The van der Waals surface area contributed by atoms with E-state index in [1.807, 2.05) is 30.0 Å². The molecule has 5 heteroatoms. The number of halogens is 1. The van der Waals surface area contributed by atoms with Crippen molar-refractivity contribution in [2.75, 3.05) is 10.2 Å². The Balaban J connectivity index is 1.80. The van der Waals surface area contributed by atoms with E-state index in [1.165, 1.54) is 12.1 Å². The standard InChI is InChI=1S/C21H24FN3O/c1-12-5-4-6-19(23-12)24-20-13(2)21(15-7-8-15)25(14(3)26)18-11-16(22)9-10-17(18)20/h4-6,9-11,13,15,20-21H,7-8H2,1-3H3,(H,23,24). The topological polar surface area (TPSA) is 45.2 Å². The molecule has 4 nitrogen and oxygen atoms in total. The zero-order valence-electron chi connectivity index (χ0n) is 15.4. The van der Waals surface area contributed by atoms with Crippen LogP contribution in [0.5, 0.6) is 0 Å². The molecule has 0 bridgehead atoms. The van der Waals surface area contributed by atoms with E-state index in [1.54, 1.807) is 13.0 Å². The normalized spacial score (nSPS) is 24.9. The summed E-state index contributed by atoms with van der Waals surface area (Å²) in [5.41, 5.74) is 2.59. The molecule has 1 saturated carbocycles. The maximum Gasteiger partial charge on any atom is 0.224 e. The molecule has 2 aliphatic rings. The van der Waals surface area contributed by atoms with Crippen LogP contribution in [0.2, 0.25) is 0 Å². The van der Waals surface area contributed by atoms with Gasteiger partial charge in [-0.15, -0.1) is 0 Å². The van der Waals surface area contributed by atoms with Crippen molar-refractivity contribution >= 4 is 17.4 Å². The minimum atomic E-state index is -0.313. The van der Waals surface area contributed by atoms with Gasteiger partial charge >= 0.3 is 0 Å². The molecule has 0 spiro atoms. The van der Waals surface area contributed by atoms with Crippen LogP contribution in [-0.2, 0) is 4.79 Å². The van der Waals surface area contributed by atoms with Crippen molar-refractivity contribution in [2.24, 2.45) is 11.8 Å². The zero-order chi connectivity index (χ0) is 18.4. The lowest BCUT2D eigenvalue weighted by Gasteiger charge is -2.45. The monoisotopic (exact) mass is 353 g/mol. The van der Waals surface area contributed by atoms with Gasteiger partial charge in [0.25, 0.3) is 0 Å². The van der Waals surface area contributed by atoms with Gasteiger partial charge in [0.15, 0.2) is 0 Å². The minimum absolute atomic E-state index is 0.0129. The molecule has 1 fully saturated rings. The summed E-state index contributed by atoms with van der Waals surface area (Å²) >= 11 is 0. The van der Waals surface area contributed by atoms with E-state index >= 15 is 0 Å². The number of benzene rings is 1. The van der Waals surface area contributed by atoms with E-state index in [2.05, 4.69) is 17.2 Å². The van der Waals surface area contributed by atoms with Crippen molar-refractivity contribution in [3.8, 4) is 0 Å². The number of hydrogen-bond donors (Lipinski definition) is 1. The van der Waals surface area contributed by atoms with Crippen LogP contribution in [-0.4, -0.2) is 16.9 Å².